The second-order valence-electron chi connectivity index (χ2n) is 3.40. The highest BCUT2D eigenvalue weighted by Gasteiger charge is 2.07. The van der Waals surface area contributed by atoms with Crippen LogP contribution in [0.1, 0.15) is 17.0 Å². The van der Waals surface area contributed by atoms with Gasteiger partial charge in [0.2, 0.25) is 5.28 Å². The highest BCUT2D eigenvalue weighted by atomic mass is 35.5. The van der Waals surface area contributed by atoms with Gasteiger partial charge in [0.15, 0.2) is 0 Å². The molecule has 0 bridgehead atoms. The summed E-state index contributed by atoms with van der Waals surface area (Å²) in [4.78, 5) is 4.05. The van der Waals surface area contributed by atoms with E-state index in [1.807, 2.05) is 30.7 Å². The molecule has 0 radical (unpaired) electrons. The molecule has 0 N–H and O–H groups in total. The second kappa shape index (κ2) is 3.98. The number of hydrogen-bond donors (Lipinski definition) is 0. The summed E-state index contributed by atoms with van der Waals surface area (Å²) >= 11 is 5.92. The lowest BCUT2D eigenvalue weighted by atomic mass is 10.1. The Balaban J connectivity index is 2.34. The van der Waals surface area contributed by atoms with Crippen molar-refractivity contribution in [1.29, 1.82) is 0 Å². The molecule has 0 amide bonds. The van der Waals surface area contributed by atoms with Crippen LogP contribution in [0.2, 0.25) is 5.28 Å². The van der Waals surface area contributed by atoms with E-state index in [1.54, 1.807) is 6.20 Å². The van der Waals surface area contributed by atoms with Gasteiger partial charge in [-0.05, 0) is 42.6 Å². The molecule has 0 aliphatic rings. The highest BCUT2D eigenvalue weighted by Crippen LogP contribution is 2.13. The molecular weight excluding hydrogens is 212 g/mol. The maximum atomic E-state index is 5.92. The summed E-state index contributed by atoms with van der Waals surface area (Å²) < 4.78 is 1.86. The Bertz CT molecular complexity index is 459. The van der Waals surface area contributed by atoms with Crippen molar-refractivity contribution in [2.24, 2.45) is 0 Å². The van der Waals surface area contributed by atoms with Crippen molar-refractivity contribution in [1.82, 2.24) is 19.7 Å². The second-order valence-corrected chi connectivity index (χ2v) is 3.74. The van der Waals surface area contributed by atoms with Crippen LogP contribution >= 0.6 is 11.6 Å². The van der Waals surface area contributed by atoms with Gasteiger partial charge in [-0.25, -0.2) is 0 Å². The summed E-state index contributed by atoms with van der Waals surface area (Å²) in [5.74, 6) is 0.816. The standard InChI is InChI=1S/C10H11ClN4/c1-7-5-12-4-3-9(7)6-15-8(2)13-14-10(15)11/h3-5H,6H2,1-2H3. The molecule has 0 saturated carbocycles. The smallest absolute Gasteiger partial charge is 0.225 e. The zero-order valence-corrected chi connectivity index (χ0v) is 9.36. The van der Waals surface area contributed by atoms with Crippen LogP contribution in [0, 0.1) is 13.8 Å². The molecule has 15 heavy (non-hydrogen) atoms. The van der Waals surface area contributed by atoms with Crippen molar-refractivity contribution in [2.75, 3.05) is 0 Å². The van der Waals surface area contributed by atoms with E-state index in [0.29, 0.717) is 11.8 Å². The molecule has 2 aromatic heterocycles. The van der Waals surface area contributed by atoms with Crippen LogP contribution in [-0.4, -0.2) is 19.7 Å². The van der Waals surface area contributed by atoms with E-state index >= 15 is 0 Å². The molecular formula is C10H11ClN4. The fourth-order valence-corrected chi connectivity index (χ4v) is 1.60. The predicted octanol–water partition coefficient (Wildman–Crippen LogP) is 1.99. The SMILES string of the molecule is Cc1cnccc1Cn1c(C)nnc1Cl. The van der Waals surface area contributed by atoms with Crippen molar-refractivity contribution in [3.8, 4) is 0 Å². The summed E-state index contributed by atoms with van der Waals surface area (Å²) in [6.45, 7) is 4.59. The Kier molecular flexibility index (Phi) is 2.68. The number of aryl methyl sites for hydroxylation is 2. The lowest BCUT2D eigenvalue weighted by Gasteiger charge is -2.07. The minimum Gasteiger partial charge on any atom is -0.297 e. The molecule has 0 aliphatic carbocycles. The number of nitrogens with zero attached hydrogens (tertiary/aromatic N) is 4. The molecule has 0 unspecified atom stereocenters. The van der Waals surface area contributed by atoms with Gasteiger partial charge in [0, 0.05) is 12.4 Å². The average Bonchev–Trinajstić information content (AvgIpc) is 2.53. The first-order chi connectivity index (χ1) is 7.18. The van der Waals surface area contributed by atoms with Gasteiger partial charge in [0.1, 0.15) is 5.82 Å². The lowest BCUT2D eigenvalue weighted by Crippen LogP contribution is -2.04. The number of aromatic nitrogens is 4. The summed E-state index contributed by atoms with van der Waals surface area (Å²) in [5, 5.41) is 8.13. The fraction of sp³-hybridized carbons (Fsp3) is 0.300. The maximum absolute atomic E-state index is 5.92. The molecule has 2 rings (SSSR count). The van der Waals surface area contributed by atoms with Gasteiger partial charge < -0.3 is 0 Å². The first-order valence-electron chi connectivity index (χ1n) is 4.63. The van der Waals surface area contributed by atoms with Crippen LogP contribution < -0.4 is 0 Å². The number of pyridine rings is 1. The van der Waals surface area contributed by atoms with Crippen LogP contribution in [0.15, 0.2) is 18.5 Å². The van der Waals surface area contributed by atoms with Crippen molar-refractivity contribution >= 4 is 11.6 Å². The Morgan fingerprint density at radius 2 is 2.13 bits per heavy atom. The Morgan fingerprint density at radius 3 is 2.73 bits per heavy atom. The van der Waals surface area contributed by atoms with Gasteiger partial charge in [-0.2, -0.15) is 0 Å². The van der Waals surface area contributed by atoms with Crippen molar-refractivity contribution < 1.29 is 0 Å². The zero-order valence-electron chi connectivity index (χ0n) is 8.61. The largest absolute Gasteiger partial charge is 0.297 e. The molecule has 0 atom stereocenters. The van der Waals surface area contributed by atoms with Crippen molar-refractivity contribution in [2.45, 2.75) is 20.4 Å². The molecule has 0 saturated heterocycles. The molecule has 2 heterocycles. The summed E-state index contributed by atoms with van der Waals surface area (Å²) in [6.07, 6.45) is 3.61. The van der Waals surface area contributed by atoms with E-state index in [9.17, 15) is 0 Å². The van der Waals surface area contributed by atoms with Gasteiger partial charge in [0.05, 0.1) is 6.54 Å². The Labute approximate surface area is 92.9 Å². The van der Waals surface area contributed by atoms with Gasteiger partial charge in [-0.15, -0.1) is 10.2 Å². The van der Waals surface area contributed by atoms with E-state index < -0.39 is 0 Å². The Hall–Kier alpha value is -1.42. The molecule has 4 nitrogen and oxygen atoms in total. The topological polar surface area (TPSA) is 43.6 Å². The minimum absolute atomic E-state index is 0.420. The highest BCUT2D eigenvalue weighted by molar-refractivity contribution is 6.28. The average molecular weight is 223 g/mol. The zero-order chi connectivity index (χ0) is 10.8. The third-order valence-corrected chi connectivity index (χ3v) is 2.64. The molecule has 5 heteroatoms. The summed E-state index contributed by atoms with van der Waals surface area (Å²) in [6, 6.07) is 1.98. The predicted molar refractivity (Wildman–Crippen MR) is 57.8 cm³/mol. The number of rotatable bonds is 2. The molecule has 0 aromatic carbocycles. The van der Waals surface area contributed by atoms with E-state index in [0.717, 1.165) is 11.4 Å². The van der Waals surface area contributed by atoms with Gasteiger partial charge >= 0.3 is 0 Å². The molecule has 0 spiro atoms. The number of halogens is 1. The quantitative estimate of drug-likeness (QED) is 0.781. The van der Waals surface area contributed by atoms with Crippen molar-refractivity contribution in [3.63, 3.8) is 0 Å². The molecule has 0 fully saturated rings. The third-order valence-electron chi connectivity index (χ3n) is 2.36. The van der Waals surface area contributed by atoms with Crippen molar-refractivity contribution in [3.05, 3.63) is 40.7 Å². The summed E-state index contributed by atoms with van der Waals surface area (Å²) in [7, 11) is 0. The van der Waals surface area contributed by atoms with E-state index in [2.05, 4.69) is 15.2 Å². The first-order valence-corrected chi connectivity index (χ1v) is 5.01. The van der Waals surface area contributed by atoms with E-state index in [4.69, 9.17) is 11.6 Å². The third kappa shape index (κ3) is 1.99. The van der Waals surface area contributed by atoms with Crippen LogP contribution in [0.25, 0.3) is 0 Å². The molecule has 2 aromatic rings. The van der Waals surface area contributed by atoms with Crippen LogP contribution in [-0.2, 0) is 6.54 Å². The lowest BCUT2D eigenvalue weighted by molar-refractivity contribution is 0.756. The fourth-order valence-electron chi connectivity index (χ4n) is 1.38. The minimum atomic E-state index is 0.420. The molecule has 78 valence electrons. The normalized spacial score (nSPS) is 10.6. The first kappa shape index (κ1) is 10.1. The molecule has 0 aliphatic heterocycles. The van der Waals surface area contributed by atoms with E-state index in [1.165, 1.54) is 5.56 Å². The van der Waals surface area contributed by atoms with Crippen LogP contribution in [0.5, 0.6) is 0 Å². The number of hydrogen-bond acceptors (Lipinski definition) is 3. The van der Waals surface area contributed by atoms with Gasteiger partial charge in [-0.3, -0.25) is 9.55 Å². The van der Waals surface area contributed by atoms with Gasteiger partial charge in [0.25, 0.3) is 0 Å². The van der Waals surface area contributed by atoms with Crippen LogP contribution in [0.3, 0.4) is 0 Å². The summed E-state index contributed by atoms with van der Waals surface area (Å²) in [5.41, 5.74) is 2.32. The van der Waals surface area contributed by atoms with Crippen LogP contribution in [0.4, 0.5) is 0 Å². The Morgan fingerprint density at radius 1 is 1.33 bits per heavy atom. The van der Waals surface area contributed by atoms with Gasteiger partial charge in [-0.1, -0.05) is 0 Å². The maximum Gasteiger partial charge on any atom is 0.225 e. The monoisotopic (exact) mass is 222 g/mol. The van der Waals surface area contributed by atoms with E-state index in [-0.39, 0.29) is 0 Å².